The van der Waals surface area contributed by atoms with Crippen molar-refractivity contribution < 1.29 is 9.53 Å². The Bertz CT molecular complexity index is 562. The fraction of sp³-hybridized carbons (Fsp3) is 0.588. The molecule has 2 saturated heterocycles. The SMILES string of the molecule is O=C(Cc1ccc(Cl)c(Cl)c1)N1CCOCC1CN1CCCC1. The molecule has 1 atom stereocenters. The highest BCUT2D eigenvalue weighted by atomic mass is 35.5. The molecular weight excluding hydrogens is 335 g/mol. The fourth-order valence-electron chi connectivity index (χ4n) is 3.32. The van der Waals surface area contributed by atoms with Crippen LogP contribution in [0.25, 0.3) is 0 Å². The third-order valence-corrected chi connectivity index (χ3v) is 5.29. The Morgan fingerprint density at radius 3 is 2.70 bits per heavy atom. The molecule has 2 fully saturated rings. The molecule has 0 saturated carbocycles. The summed E-state index contributed by atoms with van der Waals surface area (Å²) in [4.78, 5) is 17.1. The van der Waals surface area contributed by atoms with Gasteiger partial charge in [0.15, 0.2) is 0 Å². The number of nitrogens with zero attached hydrogens (tertiary/aromatic N) is 2. The van der Waals surface area contributed by atoms with Crippen molar-refractivity contribution in [3.8, 4) is 0 Å². The first kappa shape index (κ1) is 17.0. The highest BCUT2D eigenvalue weighted by Crippen LogP contribution is 2.23. The van der Waals surface area contributed by atoms with Crippen LogP contribution in [0.5, 0.6) is 0 Å². The zero-order valence-electron chi connectivity index (χ0n) is 13.1. The first-order valence-electron chi connectivity index (χ1n) is 8.17. The van der Waals surface area contributed by atoms with Crippen molar-refractivity contribution in [2.45, 2.75) is 25.3 Å². The van der Waals surface area contributed by atoms with Gasteiger partial charge in [-0.05, 0) is 43.6 Å². The summed E-state index contributed by atoms with van der Waals surface area (Å²) in [6.07, 6.45) is 2.86. The third kappa shape index (κ3) is 4.38. The smallest absolute Gasteiger partial charge is 0.227 e. The first-order chi connectivity index (χ1) is 11.1. The van der Waals surface area contributed by atoms with Crippen LogP contribution in [0, 0.1) is 0 Å². The monoisotopic (exact) mass is 356 g/mol. The number of likely N-dealkylation sites (tertiary alicyclic amines) is 1. The van der Waals surface area contributed by atoms with E-state index in [-0.39, 0.29) is 11.9 Å². The minimum absolute atomic E-state index is 0.135. The molecule has 23 heavy (non-hydrogen) atoms. The van der Waals surface area contributed by atoms with Gasteiger partial charge in [-0.3, -0.25) is 4.79 Å². The van der Waals surface area contributed by atoms with Gasteiger partial charge in [-0.25, -0.2) is 0 Å². The molecule has 0 spiro atoms. The van der Waals surface area contributed by atoms with Crippen LogP contribution in [0.2, 0.25) is 10.0 Å². The number of rotatable bonds is 4. The second-order valence-electron chi connectivity index (χ2n) is 6.25. The van der Waals surface area contributed by atoms with Crippen LogP contribution in [0.4, 0.5) is 0 Å². The number of ether oxygens (including phenoxy) is 1. The van der Waals surface area contributed by atoms with Crippen molar-refractivity contribution in [1.29, 1.82) is 0 Å². The maximum absolute atomic E-state index is 12.7. The van der Waals surface area contributed by atoms with E-state index in [2.05, 4.69) is 4.90 Å². The predicted octanol–water partition coefficient (Wildman–Crippen LogP) is 2.86. The van der Waals surface area contributed by atoms with Gasteiger partial charge in [0, 0.05) is 13.1 Å². The second-order valence-corrected chi connectivity index (χ2v) is 7.06. The summed E-state index contributed by atoms with van der Waals surface area (Å²) in [7, 11) is 0. The van der Waals surface area contributed by atoms with Crippen LogP contribution >= 0.6 is 23.2 Å². The van der Waals surface area contributed by atoms with Gasteiger partial charge in [0.25, 0.3) is 0 Å². The number of morpholine rings is 1. The summed E-state index contributed by atoms with van der Waals surface area (Å²) in [5.41, 5.74) is 0.899. The number of halogens is 2. The Balaban J connectivity index is 1.64. The van der Waals surface area contributed by atoms with E-state index in [1.54, 1.807) is 12.1 Å². The van der Waals surface area contributed by atoms with Crippen LogP contribution < -0.4 is 0 Å². The molecule has 3 rings (SSSR count). The van der Waals surface area contributed by atoms with Crippen LogP contribution in [-0.2, 0) is 16.0 Å². The maximum atomic E-state index is 12.7. The molecule has 2 heterocycles. The lowest BCUT2D eigenvalue weighted by atomic mass is 10.1. The summed E-state index contributed by atoms with van der Waals surface area (Å²) in [6.45, 7) is 5.08. The fourth-order valence-corrected chi connectivity index (χ4v) is 3.64. The van der Waals surface area contributed by atoms with Crippen molar-refractivity contribution in [3.63, 3.8) is 0 Å². The van der Waals surface area contributed by atoms with E-state index < -0.39 is 0 Å². The van der Waals surface area contributed by atoms with Crippen molar-refractivity contribution in [1.82, 2.24) is 9.80 Å². The second kappa shape index (κ2) is 7.84. The Kier molecular flexibility index (Phi) is 5.81. The molecule has 0 radical (unpaired) electrons. The van der Waals surface area contributed by atoms with Crippen molar-refractivity contribution >= 4 is 29.1 Å². The van der Waals surface area contributed by atoms with Gasteiger partial charge in [0.2, 0.25) is 5.91 Å². The van der Waals surface area contributed by atoms with Crippen LogP contribution in [0.15, 0.2) is 18.2 Å². The van der Waals surface area contributed by atoms with Gasteiger partial charge >= 0.3 is 0 Å². The molecule has 1 aromatic rings. The third-order valence-electron chi connectivity index (χ3n) is 4.55. The zero-order valence-corrected chi connectivity index (χ0v) is 14.7. The molecule has 2 aliphatic rings. The summed E-state index contributed by atoms with van der Waals surface area (Å²) < 4.78 is 5.60. The Morgan fingerprint density at radius 1 is 1.17 bits per heavy atom. The maximum Gasteiger partial charge on any atom is 0.227 e. The number of carbonyl (C=O) groups excluding carboxylic acids is 1. The number of carbonyl (C=O) groups is 1. The molecule has 0 N–H and O–H groups in total. The van der Waals surface area contributed by atoms with Gasteiger partial charge in [0.1, 0.15) is 0 Å². The quantitative estimate of drug-likeness (QED) is 0.831. The summed E-state index contributed by atoms with van der Waals surface area (Å²) in [5, 5.41) is 1.01. The largest absolute Gasteiger partial charge is 0.377 e. The van der Waals surface area contributed by atoms with Gasteiger partial charge in [-0.2, -0.15) is 0 Å². The van der Waals surface area contributed by atoms with E-state index in [1.165, 1.54) is 12.8 Å². The van der Waals surface area contributed by atoms with E-state index in [0.29, 0.717) is 36.2 Å². The average molecular weight is 357 g/mol. The highest BCUT2D eigenvalue weighted by molar-refractivity contribution is 6.42. The zero-order chi connectivity index (χ0) is 16.2. The lowest BCUT2D eigenvalue weighted by Crippen LogP contribution is -2.53. The van der Waals surface area contributed by atoms with Crippen molar-refractivity contribution in [2.75, 3.05) is 39.4 Å². The minimum Gasteiger partial charge on any atom is -0.377 e. The topological polar surface area (TPSA) is 32.8 Å². The minimum atomic E-state index is 0.135. The number of amides is 1. The van der Waals surface area contributed by atoms with Gasteiger partial charge in [-0.1, -0.05) is 29.3 Å². The van der Waals surface area contributed by atoms with E-state index >= 15 is 0 Å². The van der Waals surface area contributed by atoms with Crippen molar-refractivity contribution in [2.24, 2.45) is 0 Å². The lowest BCUT2D eigenvalue weighted by molar-refractivity contribution is -0.139. The average Bonchev–Trinajstić information content (AvgIpc) is 3.04. The molecule has 0 aromatic heterocycles. The molecule has 0 aliphatic carbocycles. The van der Waals surface area contributed by atoms with E-state index in [1.807, 2.05) is 11.0 Å². The molecule has 1 aromatic carbocycles. The Morgan fingerprint density at radius 2 is 1.96 bits per heavy atom. The van der Waals surface area contributed by atoms with Gasteiger partial charge < -0.3 is 14.5 Å². The molecule has 1 unspecified atom stereocenters. The standard InChI is InChI=1S/C17H22Cl2N2O2/c18-15-4-3-13(9-16(15)19)10-17(22)21-7-8-23-12-14(21)11-20-5-1-2-6-20/h3-4,9,14H,1-2,5-8,10-12H2. The van der Waals surface area contributed by atoms with E-state index in [4.69, 9.17) is 27.9 Å². The van der Waals surface area contributed by atoms with Gasteiger partial charge in [-0.15, -0.1) is 0 Å². The predicted molar refractivity (Wildman–Crippen MR) is 92.2 cm³/mol. The van der Waals surface area contributed by atoms with Crippen LogP contribution in [0.3, 0.4) is 0 Å². The molecule has 6 heteroatoms. The van der Waals surface area contributed by atoms with E-state index in [0.717, 1.165) is 25.2 Å². The molecule has 0 bridgehead atoms. The summed E-state index contributed by atoms with van der Waals surface area (Å²) in [5.74, 6) is 0.135. The van der Waals surface area contributed by atoms with Gasteiger partial charge in [0.05, 0.1) is 35.7 Å². The summed E-state index contributed by atoms with van der Waals surface area (Å²) in [6, 6.07) is 5.53. The highest BCUT2D eigenvalue weighted by Gasteiger charge is 2.29. The first-order valence-corrected chi connectivity index (χ1v) is 8.92. The molecule has 4 nitrogen and oxygen atoms in total. The number of benzene rings is 1. The van der Waals surface area contributed by atoms with E-state index in [9.17, 15) is 4.79 Å². The number of hydrogen-bond acceptors (Lipinski definition) is 3. The Hall–Kier alpha value is -0.810. The molecule has 126 valence electrons. The molecular formula is C17H22Cl2N2O2. The normalized spacial score (nSPS) is 22.5. The number of hydrogen-bond donors (Lipinski definition) is 0. The lowest BCUT2D eigenvalue weighted by Gasteiger charge is -2.37. The summed E-state index contributed by atoms with van der Waals surface area (Å²) >= 11 is 12.0. The molecule has 1 amide bonds. The van der Waals surface area contributed by atoms with Crippen LogP contribution in [-0.4, -0.2) is 61.1 Å². The van der Waals surface area contributed by atoms with Crippen molar-refractivity contribution in [3.05, 3.63) is 33.8 Å². The van der Waals surface area contributed by atoms with Crippen LogP contribution in [0.1, 0.15) is 18.4 Å². The molecule has 2 aliphatic heterocycles. The Labute approximate surface area is 147 Å².